The number of amides is 1. The summed E-state index contributed by atoms with van der Waals surface area (Å²) in [5, 5.41) is 3.48. The number of rotatable bonds is 7. The van der Waals surface area contributed by atoms with Gasteiger partial charge in [0.25, 0.3) is 5.91 Å². The van der Waals surface area contributed by atoms with Gasteiger partial charge < -0.3 is 19.5 Å². The monoisotopic (exact) mass is 514 g/mol. The fourth-order valence-corrected chi connectivity index (χ4v) is 4.68. The van der Waals surface area contributed by atoms with E-state index in [1.807, 2.05) is 36.4 Å². The second kappa shape index (κ2) is 10.2. The average Bonchev–Trinajstić information content (AvgIpc) is 2.72. The summed E-state index contributed by atoms with van der Waals surface area (Å²) in [6, 6.07) is 11.7. The van der Waals surface area contributed by atoms with Crippen molar-refractivity contribution < 1.29 is 19.0 Å². The maximum atomic E-state index is 12.8. The lowest BCUT2D eigenvalue weighted by Crippen LogP contribution is -2.29. The summed E-state index contributed by atoms with van der Waals surface area (Å²) in [6.07, 6.45) is 1.88. The van der Waals surface area contributed by atoms with Crippen LogP contribution in [0.3, 0.4) is 0 Å². The van der Waals surface area contributed by atoms with Crippen LogP contribution in [-0.2, 0) is 4.74 Å². The summed E-state index contributed by atoms with van der Waals surface area (Å²) >= 11 is 3.44. The van der Waals surface area contributed by atoms with Gasteiger partial charge in [-0.05, 0) is 71.6 Å². The molecule has 0 bridgehead atoms. The predicted molar refractivity (Wildman–Crippen MR) is 119 cm³/mol. The molecule has 3 rings (SSSR count). The topological polar surface area (TPSA) is 68.8 Å². The minimum atomic E-state index is -0.148. The van der Waals surface area contributed by atoms with Crippen molar-refractivity contribution in [3.8, 4) is 11.5 Å². The lowest BCUT2D eigenvalue weighted by Gasteiger charge is -2.25. The first-order valence-corrected chi connectivity index (χ1v) is 10.8. The van der Waals surface area contributed by atoms with Crippen molar-refractivity contribution in [3.63, 3.8) is 0 Å². The number of hydrogen-bond acceptors (Lipinski definition) is 6. The Labute approximate surface area is 183 Å². The Morgan fingerprint density at radius 2 is 1.93 bits per heavy atom. The smallest absolute Gasteiger partial charge is 0.263 e. The molecule has 150 valence electrons. The largest absolute Gasteiger partial charge is 0.493 e. The van der Waals surface area contributed by atoms with Gasteiger partial charge in [0.1, 0.15) is 0 Å². The molecule has 0 unspecified atom stereocenters. The van der Waals surface area contributed by atoms with Gasteiger partial charge in [0.15, 0.2) is 11.5 Å². The molecule has 1 amide bonds. The van der Waals surface area contributed by atoms with Gasteiger partial charge in [0, 0.05) is 29.8 Å². The fraction of sp³-hybridized carbons (Fsp3) is 0.350. The second-order valence-electron chi connectivity index (χ2n) is 6.25. The molecule has 0 spiro atoms. The minimum absolute atomic E-state index is 0.148. The number of benzene rings is 2. The molecular weight excluding hydrogens is 491 g/mol. The predicted octanol–water partition coefficient (Wildman–Crippen LogP) is 4.34. The van der Waals surface area contributed by atoms with E-state index in [4.69, 9.17) is 14.2 Å². The normalized spacial score (nSPS) is 14.4. The van der Waals surface area contributed by atoms with E-state index < -0.39 is 0 Å². The summed E-state index contributed by atoms with van der Waals surface area (Å²) < 4.78 is 20.0. The van der Waals surface area contributed by atoms with Crippen LogP contribution in [0.1, 0.15) is 23.2 Å². The van der Waals surface area contributed by atoms with Crippen LogP contribution in [0, 0.1) is 3.57 Å². The Bertz CT molecular complexity index is 828. The zero-order chi connectivity index (χ0) is 19.9. The van der Waals surface area contributed by atoms with Crippen LogP contribution in [0.25, 0.3) is 0 Å². The molecule has 0 radical (unpaired) electrons. The second-order valence-corrected chi connectivity index (χ2v) is 8.29. The molecule has 0 aromatic heterocycles. The van der Waals surface area contributed by atoms with E-state index in [1.54, 1.807) is 14.2 Å². The molecule has 2 aromatic carbocycles. The van der Waals surface area contributed by atoms with Gasteiger partial charge >= 0.3 is 0 Å². The Balaban J connectivity index is 1.69. The van der Waals surface area contributed by atoms with Gasteiger partial charge in [-0.15, -0.1) is 0 Å². The average molecular weight is 514 g/mol. The fourth-order valence-electron chi connectivity index (χ4n) is 2.98. The molecule has 1 fully saturated rings. The molecule has 1 saturated heterocycles. The van der Waals surface area contributed by atoms with Crippen molar-refractivity contribution in [1.29, 1.82) is 0 Å². The molecule has 1 aliphatic heterocycles. The molecule has 1 aliphatic rings. The first-order chi connectivity index (χ1) is 13.6. The van der Waals surface area contributed by atoms with Gasteiger partial charge in [0.2, 0.25) is 0 Å². The highest BCUT2D eigenvalue weighted by Crippen LogP contribution is 2.36. The third-order valence-electron chi connectivity index (χ3n) is 4.42. The maximum Gasteiger partial charge on any atom is 0.263 e. The van der Waals surface area contributed by atoms with Gasteiger partial charge in [-0.1, -0.05) is 12.1 Å². The quantitative estimate of drug-likeness (QED) is 0.424. The highest BCUT2D eigenvalue weighted by atomic mass is 127. The summed E-state index contributed by atoms with van der Waals surface area (Å²) in [6.45, 7) is 1.50. The van der Waals surface area contributed by atoms with E-state index in [2.05, 4.69) is 32.6 Å². The molecule has 28 heavy (non-hydrogen) atoms. The standard InChI is InChI=1S/C20H23IN2O4S/c1-25-18-12-14(11-16(21)19(18)26-2)28-23-20(24)15-5-3-4-6-17(15)22-13-7-9-27-10-8-13/h3-6,11-13,22H,7-10H2,1-2H3,(H,23,24). The van der Waals surface area contributed by atoms with Crippen molar-refractivity contribution in [1.82, 2.24) is 4.72 Å². The molecule has 2 aromatic rings. The molecule has 0 atom stereocenters. The van der Waals surface area contributed by atoms with E-state index in [1.165, 1.54) is 11.9 Å². The first kappa shape index (κ1) is 21.1. The summed E-state index contributed by atoms with van der Waals surface area (Å²) in [5.41, 5.74) is 1.46. The van der Waals surface area contributed by atoms with Crippen LogP contribution < -0.4 is 19.5 Å². The van der Waals surface area contributed by atoms with E-state index in [0.717, 1.165) is 40.2 Å². The highest BCUT2D eigenvalue weighted by molar-refractivity contribution is 14.1. The molecule has 8 heteroatoms. The molecule has 0 aliphatic carbocycles. The summed E-state index contributed by atoms with van der Waals surface area (Å²) in [7, 11) is 3.20. The van der Waals surface area contributed by atoms with Crippen molar-refractivity contribution in [2.75, 3.05) is 32.8 Å². The number of carbonyl (C=O) groups excluding carboxylic acids is 1. The number of para-hydroxylation sites is 1. The Kier molecular flexibility index (Phi) is 7.69. The number of hydrogen-bond donors (Lipinski definition) is 2. The van der Waals surface area contributed by atoms with Crippen molar-refractivity contribution in [2.45, 2.75) is 23.8 Å². The Hall–Kier alpha value is -1.65. The van der Waals surface area contributed by atoms with Gasteiger partial charge in [0.05, 0.1) is 23.4 Å². The number of halogens is 1. The number of carbonyl (C=O) groups is 1. The summed E-state index contributed by atoms with van der Waals surface area (Å²) in [4.78, 5) is 13.7. The first-order valence-electron chi connectivity index (χ1n) is 8.94. The Morgan fingerprint density at radius 3 is 2.64 bits per heavy atom. The van der Waals surface area contributed by atoms with Crippen LogP contribution in [-0.4, -0.2) is 39.4 Å². The van der Waals surface area contributed by atoms with Crippen LogP contribution in [0.4, 0.5) is 5.69 Å². The zero-order valence-corrected chi connectivity index (χ0v) is 18.8. The molecule has 2 N–H and O–H groups in total. The van der Waals surface area contributed by atoms with Crippen molar-refractivity contribution >= 4 is 46.1 Å². The highest BCUT2D eigenvalue weighted by Gasteiger charge is 2.18. The van der Waals surface area contributed by atoms with Crippen LogP contribution in [0.2, 0.25) is 0 Å². The molecular formula is C20H23IN2O4S. The number of methoxy groups -OCH3 is 2. The van der Waals surface area contributed by atoms with Gasteiger partial charge in [-0.2, -0.15) is 0 Å². The van der Waals surface area contributed by atoms with Crippen molar-refractivity contribution in [3.05, 3.63) is 45.5 Å². The number of anilines is 1. The lowest BCUT2D eigenvalue weighted by molar-refractivity contribution is 0.0904. The van der Waals surface area contributed by atoms with E-state index in [9.17, 15) is 4.79 Å². The number of nitrogens with one attached hydrogen (secondary N) is 2. The van der Waals surface area contributed by atoms with E-state index >= 15 is 0 Å². The van der Waals surface area contributed by atoms with Crippen LogP contribution >= 0.6 is 34.5 Å². The maximum absolute atomic E-state index is 12.8. The van der Waals surface area contributed by atoms with Gasteiger partial charge in [-0.25, -0.2) is 0 Å². The Morgan fingerprint density at radius 1 is 1.18 bits per heavy atom. The lowest BCUT2D eigenvalue weighted by atomic mass is 10.1. The third kappa shape index (κ3) is 5.24. The minimum Gasteiger partial charge on any atom is -0.493 e. The molecule has 1 heterocycles. The van der Waals surface area contributed by atoms with Crippen molar-refractivity contribution in [2.24, 2.45) is 0 Å². The third-order valence-corrected chi connectivity index (χ3v) is 5.98. The van der Waals surface area contributed by atoms with E-state index in [-0.39, 0.29) is 5.91 Å². The zero-order valence-electron chi connectivity index (χ0n) is 15.8. The van der Waals surface area contributed by atoms with Crippen LogP contribution in [0.5, 0.6) is 11.5 Å². The van der Waals surface area contributed by atoms with Gasteiger partial charge in [-0.3, -0.25) is 9.52 Å². The SMILES string of the molecule is COc1cc(SNC(=O)c2ccccc2NC2CCOCC2)cc(I)c1OC. The summed E-state index contributed by atoms with van der Waals surface area (Å²) in [5.74, 6) is 1.17. The van der Waals surface area contributed by atoms with E-state index in [0.29, 0.717) is 23.1 Å². The molecule has 6 nitrogen and oxygen atoms in total. The number of ether oxygens (including phenoxy) is 3. The molecule has 0 saturated carbocycles. The van der Waals surface area contributed by atoms with Crippen LogP contribution in [0.15, 0.2) is 41.3 Å².